The molecule has 0 aliphatic rings. The van der Waals surface area contributed by atoms with Crippen LogP contribution in [0.15, 0.2) is 113 Å². The van der Waals surface area contributed by atoms with E-state index in [1.54, 1.807) is 11.8 Å². The van der Waals surface area contributed by atoms with Crippen molar-refractivity contribution in [2.75, 3.05) is 22.9 Å². The van der Waals surface area contributed by atoms with Gasteiger partial charge in [-0.2, -0.15) is 13.2 Å². The van der Waals surface area contributed by atoms with E-state index in [0.29, 0.717) is 17.9 Å². The molecule has 15 heteroatoms. The number of thioether (sulfide) groups is 1. The molecule has 0 fully saturated rings. The van der Waals surface area contributed by atoms with Crippen LogP contribution in [0.1, 0.15) is 21.5 Å². The molecule has 0 aromatic heterocycles. The molecule has 0 radical (unpaired) electrons. The second-order valence-corrected chi connectivity index (χ2v) is 12.3. The highest BCUT2D eigenvalue weighted by Gasteiger charge is 2.30. The monoisotopic (exact) mass is 670 g/mol. The first-order valence-corrected chi connectivity index (χ1v) is 15.8. The molecule has 0 atom stereocenters. The van der Waals surface area contributed by atoms with Crippen LogP contribution in [-0.4, -0.2) is 37.5 Å². The molecule has 3 N–H and O–H groups in total. The number of amides is 2. The zero-order chi connectivity index (χ0) is 33.3. The molecular weight excluding hydrogens is 645 g/mol. The number of sulfonamides is 1. The van der Waals surface area contributed by atoms with Crippen LogP contribution >= 0.6 is 11.8 Å². The van der Waals surface area contributed by atoms with Gasteiger partial charge in [0.15, 0.2) is 0 Å². The van der Waals surface area contributed by atoms with Gasteiger partial charge in [0.1, 0.15) is 5.69 Å². The molecule has 0 aliphatic carbocycles. The maximum absolute atomic E-state index is 12.9. The third kappa shape index (κ3) is 9.42. The van der Waals surface area contributed by atoms with Crippen LogP contribution < -0.4 is 15.4 Å². The molecule has 4 aromatic carbocycles. The quantitative estimate of drug-likeness (QED) is 0.0503. The first-order chi connectivity index (χ1) is 21.8. The second kappa shape index (κ2) is 14.8. The van der Waals surface area contributed by atoms with Gasteiger partial charge in [0.2, 0.25) is 5.91 Å². The van der Waals surface area contributed by atoms with E-state index >= 15 is 0 Å². The van der Waals surface area contributed by atoms with Gasteiger partial charge in [-0.25, -0.2) is 13.1 Å². The van der Waals surface area contributed by atoms with Crippen LogP contribution in [0, 0.1) is 10.1 Å². The fourth-order valence-electron chi connectivity index (χ4n) is 3.93. The van der Waals surface area contributed by atoms with E-state index in [-0.39, 0.29) is 16.9 Å². The fourth-order valence-corrected chi connectivity index (χ4v) is 5.72. The lowest BCUT2D eigenvalue weighted by Gasteiger charge is -2.11. The first-order valence-electron chi connectivity index (χ1n) is 13.4. The van der Waals surface area contributed by atoms with Crippen molar-refractivity contribution < 1.29 is 36.1 Å². The summed E-state index contributed by atoms with van der Waals surface area (Å²) in [5, 5.41) is 17.1. The molecule has 0 spiro atoms. The van der Waals surface area contributed by atoms with Crippen molar-refractivity contribution in [2.24, 2.45) is 0 Å². The lowest BCUT2D eigenvalue weighted by Crippen LogP contribution is -2.30. The molecular formula is C31H25F3N4O6S2. The predicted molar refractivity (Wildman–Crippen MR) is 169 cm³/mol. The summed E-state index contributed by atoms with van der Waals surface area (Å²) in [4.78, 5) is 36.4. The molecule has 2 amide bonds. The summed E-state index contributed by atoms with van der Waals surface area (Å²) in [5.74, 6) is -1.02. The highest BCUT2D eigenvalue weighted by Crippen LogP contribution is 2.30. The molecule has 0 heterocycles. The smallest absolute Gasteiger partial charge is 0.379 e. The summed E-state index contributed by atoms with van der Waals surface area (Å²) < 4.78 is 65.7. The fraction of sp³-hybridized carbons (Fsp3) is 0.0968. The minimum atomic E-state index is -4.49. The molecule has 238 valence electrons. The van der Waals surface area contributed by atoms with Gasteiger partial charge in [0.25, 0.3) is 21.6 Å². The van der Waals surface area contributed by atoms with Gasteiger partial charge in [-0.15, -0.1) is 11.8 Å². The molecule has 10 nitrogen and oxygen atoms in total. The van der Waals surface area contributed by atoms with Crippen molar-refractivity contribution in [1.29, 1.82) is 0 Å². The number of nitrogens with one attached hydrogen (secondary N) is 3. The number of hydrogen-bond acceptors (Lipinski definition) is 8. The minimum Gasteiger partial charge on any atom is -0.379 e. The summed E-state index contributed by atoms with van der Waals surface area (Å²) in [6.45, 7) is 0.370. The Hall–Kier alpha value is -5.15. The Morgan fingerprint density at radius 3 is 2.22 bits per heavy atom. The standard InChI is InChI=1S/C31H25F3N4O6S2/c32-31(33,34)23-11-6-21(7-12-23)8-17-29(39)36-24-13-9-22(10-14-24)30(40)37-46(43,44)26-15-16-27(28(20-26)38(41)42)35-18-19-45-25-4-2-1-3-5-25/h1-17,20,35H,18-19H2,(H,36,39)(H,37,40). The number of halogens is 3. The van der Waals surface area contributed by atoms with Crippen molar-refractivity contribution in [3.63, 3.8) is 0 Å². The zero-order valence-corrected chi connectivity index (χ0v) is 25.3. The van der Waals surface area contributed by atoms with Crippen LogP contribution in [0.25, 0.3) is 6.08 Å². The maximum Gasteiger partial charge on any atom is 0.416 e. The molecule has 4 rings (SSSR count). The van der Waals surface area contributed by atoms with E-state index in [1.165, 1.54) is 48.5 Å². The Bertz CT molecular complexity index is 1850. The van der Waals surface area contributed by atoms with E-state index in [4.69, 9.17) is 0 Å². The number of nitro benzene ring substituents is 1. The van der Waals surface area contributed by atoms with Gasteiger partial charge in [0, 0.05) is 40.6 Å². The maximum atomic E-state index is 12.9. The van der Waals surface area contributed by atoms with E-state index in [0.717, 1.165) is 35.2 Å². The molecule has 0 saturated carbocycles. The molecule has 46 heavy (non-hydrogen) atoms. The van der Waals surface area contributed by atoms with Crippen molar-refractivity contribution in [2.45, 2.75) is 16.0 Å². The molecule has 0 unspecified atom stereocenters. The van der Waals surface area contributed by atoms with Crippen LogP contribution in [0.2, 0.25) is 0 Å². The lowest BCUT2D eigenvalue weighted by molar-refractivity contribution is -0.384. The number of rotatable bonds is 12. The van der Waals surface area contributed by atoms with Crippen LogP contribution in [0.5, 0.6) is 0 Å². The highest BCUT2D eigenvalue weighted by atomic mass is 32.2. The third-order valence-electron chi connectivity index (χ3n) is 6.21. The highest BCUT2D eigenvalue weighted by molar-refractivity contribution is 7.99. The average molecular weight is 671 g/mol. The van der Waals surface area contributed by atoms with Gasteiger partial charge < -0.3 is 10.6 Å². The Balaban J connectivity index is 1.34. The summed E-state index contributed by atoms with van der Waals surface area (Å²) in [5.41, 5.74) is -0.635. The lowest BCUT2D eigenvalue weighted by atomic mass is 10.1. The van der Waals surface area contributed by atoms with Crippen molar-refractivity contribution >= 4 is 56.7 Å². The SMILES string of the molecule is O=C(C=Cc1ccc(C(F)(F)F)cc1)Nc1ccc(C(=O)NS(=O)(=O)c2ccc(NCCSc3ccccc3)c([N+](=O)[O-])c2)cc1. The van der Waals surface area contributed by atoms with E-state index < -0.39 is 49.1 Å². The number of anilines is 2. The summed E-state index contributed by atoms with van der Waals surface area (Å²) in [7, 11) is -4.49. The zero-order valence-electron chi connectivity index (χ0n) is 23.7. The second-order valence-electron chi connectivity index (χ2n) is 9.48. The number of benzene rings is 4. The van der Waals surface area contributed by atoms with Gasteiger partial charge in [-0.1, -0.05) is 30.3 Å². The molecule has 4 aromatic rings. The van der Waals surface area contributed by atoms with Gasteiger partial charge in [-0.3, -0.25) is 19.7 Å². The Morgan fingerprint density at radius 1 is 0.913 bits per heavy atom. The van der Waals surface area contributed by atoms with Gasteiger partial charge >= 0.3 is 6.18 Å². The van der Waals surface area contributed by atoms with E-state index in [1.807, 2.05) is 35.1 Å². The Morgan fingerprint density at radius 2 is 1.59 bits per heavy atom. The van der Waals surface area contributed by atoms with Crippen LogP contribution in [0.4, 0.5) is 30.2 Å². The summed E-state index contributed by atoms with van der Waals surface area (Å²) >= 11 is 1.54. The molecule has 0 aliphatic heterocycles. The topological polar surface area (TPSA) is 148 Å². The summed E-state index contributed by atoms with van der Waals surface area (Å²) in [6.07, 6.45) is -2.04. The molecule has 0 bridgehead atoms. The number of alkyl halides is 3. The average Bonchev–Trinajstić information content (AvgIpc) is 3.02. The van der Waals surface area contributed by atoms with Crippen molar-refractivity contribution in [3.8, 4) is 0 Å². The summed E-state index contributed by atoms with van der Waals surface area (Å²) in [6, 6.07) is 22.2. The Labute approximate surface area is 265 Å². The van der Waals surface area contributed by atoms with Crippen molar-refractivity contribution in [1.82, 2.24) is 4.72 Å². The van der Waals surface area contributed by atoms with Crippen molar-refractivity contribution in [3.05, 3.63) is 130 Å². The molecule has 0 saturated heterocycles. The first kappa shape index (κ1) is 33.7. The van der Waals surface area contributed by atoms with Crippen LogP contribution in [-0.2, 0) is 21.0 Å². The predicted octanol–water partition coefficient (Wildman–Crippen LogP) is 6.59. The minimum absolute atomic E-state index is 0.0782. The largest absolute Gasteiger partial charge is 0.416 e. The number of hydrogen-bond donors (Lipinski definition) is 3. The van der Waals surface area contributed by atoms with E-state index in [9.17, 15) is 41.3 Å². The number of carbonyl (C=O) groups is 2. The Kier molecular flexibility index (Phi) is 10.8. The third-order valence-corrected chi connectivity index (χ3v) is 8.55. The number of nitrogens with zero attached hydrogens (tertiary/aromatic N) is 1. The number of carbonyl (C=O) groups excluding carboxylic acids is 2. The van der Waals surface area contributed by atoms with Gasteiger partial charge in [-0.05, 0) is 72.3 Å². The normalized spacial score (nSPS) is 11.6. The van der Waals surface area contributed by atoms with Gasteiger partial charge in [0.05, 0.1) is 15.4 Å². The number of nitro groups is 1. The van der Waals surface area contributed by atoms with Crippen LogP contribution in [0.3, 0.4) is 0 Å². The van der Waals surface area contributed by atoms with E-state index in [2.05, 4.69) is 10.6 Å².